The van der Waals surface area contributed by atoms with Crippen molar-refractivity contribution in [3.8, 4) is 16.7 Å². The lowest BCUT2D eigenvalue weighted by molar-refractivity contribution is -0.105. The minimum Gasteiger partial charge on any atom is -0.485 e. The van der Waals surface area contributed by atoms with Gasteiger partial charge in [-0.2, -0.15) is 0 Å². The maximum Gasteiger partial charge on any atom is 0.279 e. The Balaban J connectivity index is 1.72. The molecular formula is C16H14ClNO4S. The van der Waals surface area contributed by atoms with Crippen LogP contribution in [0.5, 0.6) is 16.7 Å². The molecule has 3 aromatic rings. The van der Waals surface area contributed by atoms with Gasteiger partial charge in [0.25, 0.3) is 5.19 Å². The summed E-state index contributed by atoms with van der Waals surface area (Å²) in [6, 6.07) is 12.3. The summed E-state index contributed by atoms with van der Waals surface area (Å²) in [6.45, 7) is 1.57. The number of rotatable bonds is 5. The molecule has 0 spiro atoms. The highest BCUT2D eigenvalue weighted by atomic mass is 35.5. The highest BCUT2D eigenvalue weighted by molar-refractivity contribution is 7.20. The molecule has 7 heteroatoms. The molecule has 23 heavy (non-hydrogen) atoms. The van der Waals surface area contributed by atoms with Crippen LogP contribution in [0.15, 0.2) is 42.5 Å². The van der Waals surface area contributed by atoms with Gasteiger partial charge in [0.15, 0.2) is 6.29 Å². The molecule has 1 unspecified atom stereocenters. The van der Waals surface area contributed by atoms with E-state index in [0.29, 0.717) is 21.7 Å². The monoisotopic (exact) mass is 351 g/mol. The summed E-state index contributed by atoms with van der Waals surface area (Å²) < 4.78 is 12.0. The zero-order valence-corrected chi connectivity index (χ0v) is 13.7. The Hall–Kier alpha value is -1.86. The minimum absolute atomic E-state index is 0.522. The van der Waals surface area contributed by atoms with Gasteiger partial charge in [0.05, 0.1) is 10.2 Å². The number of aromatic nitrogens is 1. The molecule has 2 N–H and O–H groups in total. The van der Waals surface area contributed by atoms with Crippen LogP contribution >= 0.6 is 22.9 Å². The van der Waals surface area contributed by atoms with Gasteiger partial charge in [-0.1, -0.05) is 22.9 Å². The first-order chi connectivity index (χ1) is 11.0. The Morgan fingerprint density at radius 3 is 2.48 bits per heavy atom. The number of ether oxygens (including phenoxy) is 2. The topological polar surface area (TPSA) is 71.8 Å². The fourth-order valence-electron chi connectivity index (χ4n) is 1.88. The molecule has 120 valence electrons. The first-order valence-corrected chi connectivity index (χ1v) is 8.07. The van der Waals surface area contributed by atoms with E-state index < -0.39 is 12.4 Å². The number of halogens is 1. The van der Waals surface area contributed by atoms with Crippen LogP contribution in [0, 0.1) is 0 Å². The molecule has 0 fully saturated rings. The molecule has 1 heterocycles. The van der Waals surface area contributed by atoms with Crippen molar-refractivity contribution in [3.05, 3.63) is 47.5 Å². The fraction of sp³-hybridized carbons (Fsp3) is 0.188. The van der Waals surface area contributed by atoms with Crippen LogP contribution in [-0.2, 0) is 0 Å². The quantitative estimate of drug-likeness (QED) is 0.684. The Bertz CT molecular complexity index is 803. The van der Waals surface area contributed by atoms with Gasteiger partial charge < -0.3 is 19.7 Å². The number of aliphatic hydroxyl groups is 2. The second kappa shape index (κ2) is 6.72. The van der Waals surface area contributed by atoms with Gasteiger partial charge in [0, 0.05) is 5.02 Å². The predicted octanol–water partition coefficient (Wildman–Crippen LogP) is 3.82. The second-order valence-electron chi connectivity index (χ2n) is 4.90. The number of hydrogen-bond donors (Lipinski definition) is 2. The molecule has 5 nitrogen and oxygen atoms in total. The second-order valence-corrected chi connectivity index (χ2v) is 6.33. The van der Waals surface area contributed by atoms with Crippen molar-refractivity contribution in [1.82, 2.24) is 4.98 Å². The molecule has 2 aromatic carbocycles. The zero-order chi connectivity index (χ0) is 16.4. The molecule has 0 aliphatic rings. The van der Waals surface area contributed by atoms with Crippen molar-refractivity contribution in [2.75, 3.05) is 0 Å². The van der Waals surface area contributed by atoms with Gasteiger partial charge in [-0.3, -0.25) is 0 Å². The largest absolute Gasteiger partial charge is 0.485 e. The molecule has 0 aliphatic carbocycles. The standard InChI is InChI=1S/C16H14ClNO4S/c1-9(15(19)20)21-11-3-5-12(6-4-11)22-16-18-13-7-2-10(17)8-14(13)23-16/h2-9,15,19-20H,1H3. The van der Waals surface area contributed by atoms with Crippen molar-refractivity contribution >= 4 is 33.2 Å². The predicted molar refractivity (Wildman–Crippen MR) is 89.5 cm³/mol. The molecule has 0 amide bonds. The van der Waals surface area contributed by atoms with Gasteiger partial charge in [0.1, 0.15) is 17.6 Å². The van der Waals surface area contributed by atoms with E-state index in [4.69, 9.17) is 31.3 Å². The van der Waals surface area contributed by atoms with Crippen LogP contribution in [0.4, 0.5) is 0 Å². The number of benzene rings is 2. The first kappa shape index (κ1) is 16.0. The Kier molecular flexibility index (Phi) is 4.68. The maximum atomic E-state index is 9.01. The number of hydrogen-bond acceptors (Lipinski definition) is 6. The number of aliphatic hydroxyl groups excluding tert-OH is 1. The average Bonchev–Trinajstić information content (AvgIpc) is 2.90. The lowest BCUT2D eigenvalue weighted by atomic mass is 10.3. The molecule has 0 radical (unpaired) electrons. The van der Waals surface area contributed by atoms with Crippen LogP contribution in [0.1, 0.15) is 6.92 Å². The highest BCUT2D eigenvalue weighted by Gasteiger charge is 2.12. The summed E-state index contributed by atoms with van der Waals surface area (Å²) in [5.41, 5.74) is 0.833. The number of thiazole rings is 1. The zero-order valence-electron chi connectivity index (χ0n) is 12.1. The first-order valence-electron chi connectivity index (χ1n) is 6.88. The molecule has 0 bridgehead atoms. The number of fused-ring (bicyclic) bond motifs is 1. The lowest BCUT2D eigenvalue weighted by Crippen LogP contribution is -2.27. The Morgan fingerprint density at radius 2 is 1.78 bits per heavy atom. The summed E-state index contributed by atoms with van der Waals surface area (Å²) in [7, 11) is 0. The van der Waals surface area contributed by atoms with E-state index in [1.54, 1.807) is 37.3 Å². The van der Waals surface area contributed by atoms with Crippen LogP contribution in [-0.4, -0.2) is 27.6 Å². The fourth-order valence-corrected chi connectivity index (χ4v) is 2.99. The molecule has 0 aliphatic heterocycles. The van der Waals surface area contributed by atoms with Crippen molar-refractivity contribution in [3.63, 3.8) is 0 Å². The molecular weight excluding hydrogens is 338 g/mol. The summed E-state index contributed by atoms with van der Waals surface area (Å²) in [5.74, 6) is 1.13. The van der Waals surface area contributed by atoms with E-state index in [-0.39, 0.29) is 0 Å². The van der Waals surface area contributed by atoms with Crippen molar-refractivity contribution < 1.29 is 19.7 Å². The molecule has 0 saturated heterocycles. The number of nitrogens with zero attached hydrogens (tertiary/aromatic N) is 1. The molecule has 0 saturated carbocycles. The van der Waals surface area contributed by atoms with E-state index in [1.807, 2.05) is 12.1 Å². The van der Waals surface area contributed by atoms with Gasteiger partial charge >= 0.3 is 0 Å². The Labute approximate surface area is 141 Å². The van der Waals surface area contributed by atoms with Gasteiger partial charge in [-0.25, -0.2) is 4.98 Å². The van der Waals surface area contributed by atoms with E-state index in [2.05, 4.69) is 4.98 Å². The summed E-state index contributed by atoms with van der Waals surface area (Å²) in [6.07, 6.45) is -2.24. The maximum absolute atomic E-state index is 9.01. The van der Waals surface area contributed by atoms with E-state index in [0.717, 1.165) is 10.2 Å². The molecule has 1 aromatic heterocycles. The molecule has 3 rings (SSSR count). The SMILES string of the molecule is CC(Oc1ccc(Oc2nc3ccc(Cl)cc3s2)cc1)C(O)O. The van der Waals surface area contributed by atoms with Crippen LogP contribution in [0.25, 0.3) is 10.2 Å². The van der Waals surface area contributed by atoms with Gasteiger partial charge in [0.2, 0.25) is 0 Å². The summed E-state index contributed by atoms with van der Waals surface area (Å²) in [4.78, 5) is 4.38. The highest BCUT2D eigenvalue weighted by Crippen LogP contribution is 2.33. The van der Waals surface area contributed by atoms with E-state index >= 15 is 0 Å². The molecule has 1 atom stereocenters. The smallest absolute Gasteiger partial charge is 0.279 e. The lowest BCUT2D eigenvalue weighted by Gasteiger charge is -2.16. The van der Waals surface area contributed by atoms with Crippen molar-refractivity contribution in [2.45, 2.75) is 19.3 Å². The average molecular weight is 352 g/mol. The Morgan fingerprint density at radius 1 is 1.09 bits per heavy atom. The third kappa shape index (κ3) is 3.92. The minimum atomic E-state index is -1.53. The van der Waals surface area contributed by atoms with Crippen molar-refractivity contribution in [1.29, 1.82) is 0 Å². The summed E-state index contributed by atoms with van der Waals surface area (Å²) in [5, 5.41) is 19.2. The van der Waals surface area contributed by atoms with Crippen LogP contribution < -0.4 is 9.47 Å². The van der Waals surface area contributed by atoms with Gasteiger partial charge in [-0.05, 0) is 49.4 Å². The third-order valence-electron chi connectivity index (χ3n) is 3.10. The van der Waals surface area contributed by atoms with Crippen LogP contribution in [0.3, 0.4) is 0 Å². The normalized spacial score (nSPS) is 12.6. The van der Waals surface area contributed by atoms with E-state index in [1.165, 1.54) is 11.3 Å². The van der Waals surface area contributed by atoms with Gasteiger partial charge in [-0.15, -0.1) is 0 Å². The van der Waals surface area contributed by atoms with Crippen molar-refractivity contribution in [2.24, 2.45) is 0 Å². The van der Waals surface area contributed by atoms with Crippen LogP contribution in [0.2, 0.25) is 5.02 Å². The summed E-state index contributed by atoms with van der Waals surface area (Å²) >= 11 is 7.37. The third-order valence-corrected chi connectivity index (χ3v) is 4.23. The van der Waals surface area contributed by atoms with E-state index in [9.17, 15) is 0 Å².